The van der Waals surface area contributed by atoms with Crippen LogP contribution in [-0.2, 0) is 9.59 Å². The Kier molecular flexibility index (Phi) is 5.38. The van der Waals surface area contributed by atoms with Gasteiger partial charge in [0.2, 0.25) is 11.8 Å². The average molecular weight is 313 g/mol. The van der Waals surface area contributed by atoms with Gasteiger partial charge in [0.15, 0.2) is 0 Å². The molecule has 0 spiro atoms. The van der Waals surface area contributed by atoms with Crippen molar-refractivity contribution < 1.29 is 9.59 Å². The van der Waals surface area contributed by atoms with Gasteiger partial charge in [-0.05, 0) is 43.9 Å². The van der Waals surface area contributed by atoms with Crippen LogP contribution in [0.2, 0.25) is 0 Å². The molecule has 0 aliphatic heterocycles. The highest BCUT2D eigenvalue weighted by atomic mass is 16.2. The molecule has 1 N–H and O–H groups in total. The molecule has 0 heterocycles. The highest BCUT2D eigenvalue weighted by Crippen LogP contribution is 2.48. The number of nitrogens with one attached hydrogen (secondary N) is 1. The number of rotatable bonds is 7. The first-order valence-electron chi connectivity index (χ1n) is 8.18. The highest BCUT2D eigenvalue weighted by Gasteiger charge is 2.57. The Bertz CT molecular complexity index is 623. The maximum atomic E-state index is 12.8. The second kappa shape index (κ2) is 7.28. The number of hydrogen-bond donors (Lipinski definition) is 1. The number of nitriles is 1. The van der Waals surface area contributed by atoms with E-state index >= 15 is 0 Å². The molecule has 122 valence electrons. The highest BCUT2D eigenvalue weighted by molar-refractivity contribution is 6.13. The van der Waals surface area contributed by atoms with Gasteiger partial charge >= 0.3 is 0 Å². The lowest BCUT2D eigenvalue weighted by Crippen LogP contribution is -2.43. The fraction of sp³-hybridized carbons (Fsp3) is 0.500. The van der Waals surface area contributed by atoms with Crippen LogP contribution in [0.4, 0.5) is 5.69 Å². The largest absolute Gasteiger partial charge is 0.342 e. The van der Waals surface area contributed by atoms with Gasteiger partial charge in [-0.25, -0.2) is 0 Å². The molecule has 1 fully saturated rings. The summed E-state index contributed by atoms with van der Waals surface area (Å²) in [5, 5.41) is 11.7. The predicted molar refractivity (Wildman–Crippen MR) is 88.6 cm³/mol. The number of anilines is 1. The first-order valence-corrected chi connectivity index (χ1v) is 8.18. The summed E-state index contributed by atoms with van der Waals surface area (Å²) in [6, 6.07) is 8.79. The van der Waals surface area contributed by atoms with E-state index in [1.54, 1.807) is 29.2 Å². The summed E-state index contributed by atoms with van der Waals surface area (Å²) in [6.07, 6.45) is 2.96. The second-order valence-electron chi connectivity index (χ2n) is 6.02. The van der Waals surface area contributed by atoms with Gasteiger partial charge in [-0.15, -0.1) is 0 Å². The molecule has 1 aliphatic rings. The summed E-state index contributed by atoms with van der Waals surface area (Å²) in [6.45, 7) is 5.43. The average Bonchev–Trinajstić information content (AvgIpc) is 3.36. The van der Waals surface area contributed by atoms with Crippen LogP contribution in [0.1, 0.15) is 45.1 Å². The molecule has 1 aromatic rings. The SMILES string of the molecule is CCCN(CCC)C(=O)C1(C(=O)Nc2cccc(C#N)c2)CC1. The van der Waals surface area contributed by atoms with Crippen molar-refractivity contribution in [1.29, 1.82) is 5.26 Å². The Morgan fingerprint density at radius 1 is 1.26 bits per heavy atom. The van der Waals surface area contributed by atoms with E-state index in [9.17, 15) is 9.59 Å². The Morgan fingerprint density at radius 2 is 1.91 bits per heavy atom. The Labute approximate surface area is 137 Å². The van der Waals surface area contributed by atoms with Crippen LogP contribution in [-0.4, -0.2) is 29.8 Å². The lowest BCUT2D eigenvalue weighted by Gasteiger charge is -2.26. The monoisotopic (exact) mass is 313 g/mol. The van der Waals surface area contributed by atoms with Crippen LogP contribution < -0.4 is 5.32 Å². The molecule has 1 aromatic carbocycles. The van der Waals surface area contributed by atoms with Crippen LogP contribution in [0.5, 0.6) is 0 Å². The number of benzene rings is 1. The van der Waals surface area contributed by atoms with Crippen molar-refractivity contribution >= 4 is 17.5 Å². The van der Waals surface area contributed by atoms with Crippen molar-refractivity contribution in [2.24, 2.45) is 5.41 Å². The Balaban J connectivity index is 2.11. The topological polar surface area (TPSA) is 73.2 Å². The summed E-state index contributed by atoms with van der Waals surface area (Å²) < 4.78 is 0. The van der Waals surface area contributed by atoms with Crippen LogP contribution in [0, 0.1) is 16.7 Å². The lowest BCUT2D eigenvalue weighted by atomic mass is 10.0. The van der Waals surface area contributed by atoms with E-state index in [4.69, 9.17) is 5.26 Å². The van der Waals surface area contributed by atoms with Gasteiger partial charge in [0.25, 0.3) is 0 Å². The van der Waals surface area contributed by atoms with Gasteiger partial charge < -0.3 is 10.2 Å². The van der Waals surface area contributed by atoms with Crippen LogP contribution in [0.3, 0.4) is 0 Å². The number of carbonyl (C=O) groups excluding carboxylic acids is 2. The third-order valence-electron chi connectivity index (χ3n) is 4.12. The summed E-state index contributed by atoms with van der Waals surface area (Å²) in [4.78, 5) is 27.2. The molecule has 2 amide bonds. The van der Waals surface area contributed by atoms with Crippen molar-refractivity contribution in [3.8, 4) is 6.07 Å². The molecule has 0 bridgehead atoms. The molecule has 2 rings (SSSR count). The van der Waals surface area contributed by atoms with Crippen LogP contribution in [0.15, 0.2) is 24.3 Å². The molecule has 1 saturated carbocycles. The minimum absolute atomic E-state index is 0.0601. The van der Waals surface area contributed by atoms with Crippen LogP contribution in [0.25, 0.3) is 0 Å². The molecular formula is C18H23N3O2. The minimum Gasteiger partial charge on any atom is -0.342 e. The molecule has 0 atom stereocenters. The molecule has 0 saturated heterocycles. The standard InChI is InChI=1S/C18H23N3O2/c1-3-10-21(11-4-2)17(23)18(8-9-18)16(22)20-15-7-5-6-14(12-15)13-19/h5-7,12H,3-4,8-11H2,1-2H3,(H,20,22). The van der Waals surface area contributed by atoms with Crippen molar-refractivity contribution in [1.82, 2.24) is 4.90 Å². The maximum Gasteiger partial charge on any atom is 0.240 e. The summed E-state index contributed by atoms with van der Waals surface area (Å²) in [5.74, 6) is -0.315. The molecule has 0 aromatic heterocycles. The molecule has 0 radical (unpaired) electrons. The van der Waals surface area contributed by atoms with Gasteiger partial charge in [-0.1, -0.05) is 19.9 Å². The van der Waals surface area contributed by atoms with Crippen molar-refractivity contribution in [3.63, 3.8) is 0 Å². The third kappa shape index (κ3) is 3.70. The summed E-state index contributed by atoms with van der Waals surface area (Å²) in [5.41, 5.74) is 0.135. The predicted octanol–water partition coefficient (Wildman–Crippen LogP) is 2.93. The van der Waals surface area contributed by atoms with E-state index in [0.717, 1.165) is 12.8 Å². The van der Waals surface area contributed by atoms with E-state index in [-0.39, 0.29) is 11.8 Å². The zero-order valence-electron chi connectivity index (χ0n) is 13.8. The second-order valence-corrected chi connectivity index (χ2v) is 6.02. The quantitative estimate of drug-likeness (QED) is 0.787. The van der Waals surface area contributed by atoms with Crippen molar-refractivity contribution in [2.75, 3.05) is 18.4 Å². The van der Waals surface area contributed by atoms with Gasteiger partial charge in [-0.3, -0.25) is 9.59 Å². The molecule has 5 nitrogen and oxygen atoms in total. The van der Waals surface area contributed by atoms with Crippen molar-refractivity contribution in [2.45, 2.75) is 39.5 Å². The lowest BCUT2D eigenvalue weighted by molar-refractivity contribution is -0.142. The minimum atomic E-state index is -0.910. The zero-order valence-corrected chi connectivity index (χ0v) is 13.8. The van der Waals surface area contributed by atoms with Gasteiger partial charge in [0.1, 0.15) is 5.41 Å². The number of carbonyl (C=O) groups is 2. The molecule has 5 heteroatoms. The van der Waals surface area contributed by atoms with E-state index in [1.807, 2.05) is 19.9 Å². The Hall–Kier alpha value is -2.35. The summed E-state index contributed by atoms with van der Waals surface area (Å²) in [7, 11) is 0. The number of nitrogens with zero attached hydrogens (tertiary/aromatic N) is 2. The van der Waals surface area contributed by atoms with Gasteiger partial charge in [-0.2, -0.15) is 5.26 Å². The van der Waals surface area contributed by atoms with E-state index in [0.29, 0.717) is 37.2 Å². The number of amides is 2. The van der Waals surface area contributed by atoms with Crippen LogP contribution >= 0.6 is 0 Å². The first kappa shape index (κ1) is 17.0. The third-order valence-corrected chi connectivity index (χ3v) is 4.12. The molecule has 23 heavy (non-hydrogen) atoms. The smallest absolute Gasteiger partial charge is 0.240 e. The Morgan fingerprint density at radius 3 is 2.43 bits per heavy atom. The fourth-order valence-corrected chi connectivity index (χ4v) is 2.74. The maximum absolute atomic E-state index is 12.8. The normalized spacial score (nSPS) is 14.7. The zero-order chi connectivity index (χ0) is 16.9. The fourth-order valence-electron chi connectivity index (χ4n) is 2.74. The molecule has 0 unspecified atom stereocenters. The van der Waals surface area contributed by atoms with Gasteiger partial charge in [0, 0.05) is 18.8 Å². The first-order chi connectivity index (χ1) is 11.1. The van der Waals surface area contributed by atoms with E-state index in [2.05, 4.69) is 5.32 Å². The van der Waals surface area contributed by atoms with E-state index < -0.39 is 5.41 Å². The summed E-state index contributed by atoms with van der Waals surface area (Å²) >= 11 is 0. The van der Waals surface area contributed by atoms with Crippen molar-refractivity contribution in [3.05, 3.63) is 29.8 Å². The molecule has 1 aliphatic carbocycles. The molecular weight excluding hydrogens is 290 g/mol. The number of hydrogen-bond acceptors (Lipinski definition) is 3. The van der Waals surface area contributed by atoms with E-state index in [1.165, 1.54) is 0 Å². The van der Waals surface area contributed by atoms with Gasteiger partial charge in [0.05, 0.1) is 11.6 Å².